The van der Waals surface area contributed by atoms with Crippen molar-refractivity contribution in [3.05, 3.63) is 29.6 Å². The zero-order valence-electron chi connectivity index (χ0n) is 8.86. The third-order valence-electron chi connectivity index (χ3n) is 1.90. The number of halogens is 1. The number of carbonyl (C=O) groups is 1. The molecule has 84 valence electrons. The van der Waals surface area contributed by atoms with E-state index in [-0.39, 0.29) is 11.3 Å². The molecule has 0 radical (unpaired) electrons. The minimum Gasteiger partial charge on any atom is -0.478 e. The quantitative estimate of drug-likeness (QED) is 0.731. The van der Waals surface area contributed by atoms with Gasteiger partial charge < -0.3 is 9.47 Å². The predicted octanol–water partition coefficient (Wildman–Crippen LogP) is 1.64. The molecule has 1 aromatic carbocycles. The first-order valence-corrected chi connectivity index (χ1v) is 4.52. The molecule has 0 fully saturated rings. The maximum Gasteiger partial charge on any atom is 0.346 e. The summed E-state index contributed by atoms with van der Waals surface area (Å²) in [5, 5.41) is 8.74. The number of ether oxygens (including phenoxy) is 2. The molecule has 0 aromatic heterocycles. The highest BCUT2D eigenvalue weighted by Gasteiger charge is 2.16. The molecule has 4 nitrogen and oxygen atoms in total. The smallest absolute Gasteiger partial charge is 0.346 e. The molecular formula is C11H10FNO3. The van der Waals surface area contributed by atoms with Crippen LogP contribution in [0.4, 0.5) is 4.39 Å². The van der Waals surface area contributed by atoms with Crippen molar-refractivity contribution in [2.24, 2.45) is 0 Å². The molecular weight excluding hydrogens is 213 g/mol. The summed E-state index contributed by atoms with van der Waals surface area (Å²) in [5.74, 6) is -0.940. The highest BCUT2D eigenvalue weighted by atomic mass is 19.1. The molecule has 0 saturated heterocycles. The number of nitrogens with zero attached hydrogens (tertiary/aromatic N) is 1. The van der Waals surface area contributed by atoms with Gasteiger partial charge in [0.2, 0.25) is 0 Å². The summed E-state index contributed by atoms with van der Waals surface area (Å²) in [4.78, 5) is 11.1. The van der Waals surface area contributed by atoms with Crippen LogP contribution in [0.5, 0.6) is 5.75 Å². The lowest BCUT2D eigenvalue weighted by molar-refractivity contribution is -0.147. The molecule has 0 N–H and O–H groups in total. The lowest BCUT2D eigenvalue weighted by Crippen LogP contribution is -2.25. The maximum atomic E-state index is 12.8. The van der Waals surface area contributed by atoms with Crippen molar-refractivity contribution in [2.75, 3.05) is 7.11 Å². The van der Waals surface area contributed by atoms with Gasteiger partial charge in [-0.15, -0.1) is 0 Å². The van der Waals surface area contributed by atoms with Gasteiger partial charge in [0.15, 0.2) is 6.10 Å². The van der Waals surface area contributed by atoms with Gasteiger partial charge in [0, 0.05) is 0 Å². The molecule has 1 atom stereocenters. The summed E-state index contributed by atoms with van der Waals surface area (Å²) < 4.78 is 22.4. The standard InChI is InChI=1S/C11H10FNO3/c1-7(11(14)15-2)16-10-4-3-9(12)5-8(10)6-13/h3-5,7H,1-2H3. The Morgan fingerprint density at radius 3 is 2.81 bits per heavy atom. The molecule has 0 bridgehead atoms. The van der Waals surface area contributed by atoms with Crippen LogP contribution in [0, 0.1) is 17.1 Å². The van der Waals surface area contributed by atoms with Crippen LogP contribution in [0.2, 0.25) is 0 Å². The van der Waals surface area contributed by atoms with Crippen molar-refractivity contribution in [3.8, 4) is 11.8 Å². The summed E-state index contributed by atoms with van der Waals surface area (Å²) in [5.41, 5.74) is 0.0377. The highest BCUT2D eigenvalue weighted by Crippen LogP contribution is 2.20. The van der Waals surface area contributed by atoms with E-state index in [0.29, 0.717) is 0 Å². The molecule has 0 aliphatic carbocycles. The van der Waals surface area contributed by atoms with Crippen LogP contribution in [0.15, 0.2) is 18.2 Å². The molecule has 1 unspecified atom stereocenters. The van der Waals surface area contributed by atoms with Crippen molar-refractivity contribution >= 4 is 5.97 Å². The number of benzene rings is 1. The Morgan fingerprint density at radius 2 is 2.25 bits per heavy atom. The van der Waals surface area contributed by atoms with Gasteiger partial charge in [0.05, 0.1) is 12.7 Å². The zero-order valence-corrected chi connectivity index (χ0v) is 8.86. The Labute approximate surface area is 92.2 Å². The summed E-state index contributed by atoms with van der Waals surface area (Å²) in [7, 11) is 1.23. The van der Waals surface area contributed by atoms with Gasteiger partial charge >= 0.3 is 5.97 Å². The molecule has 0 heterocycles. The summed E-state index contributed by atoms with van der Waals surface area (Å²) in [6.07, 6.45) is -0.845. The van der Waals surface area contributed by atoms with Crippen molar-refractivity contribution < 1.29 is 18.7 Å². The Kier molecular flexibility index (Phi) is 3.84. The normalized spacial score (nSPS) is 11.4. The third kappa shape index (κ3) is 2.70. The fraction of sp³-hybridized carbons (Fsp3) is 0.273. The van der Waals surface area contributed by atoms with Crippen molar-refractivity contribution in [3.63, 3.8) is 0 Å². The monoisotopic (exact) mass is 223 g/mol. The fourth-order valence-corrected chi connectivity index (χ4v) is 1.10. The van der Waals surface area contributed by atoms with Gasteiger partial charge in [-0.2, -0.15) is 5.26 Å². The maximum absolute atomic E-state index is 12.8. The average molecular weight is 223 g/mol. The summed E-state index contributed by atoms with van der Waals surface area (Å²) in [6.45, 7) is 1.48. The first kappa shape index (κ1) is 12.0. The Balaban J connectivity index is 2.90. The number of nitriles is 1. The summed E-state index contributed by atoms with van der Waals surface area (Å²) >= 11 is 0. The zero-order chi connectivity index (χ0) is 12.1. The molecule has 0 aliphatic rings. The molecule has 0 spiro atoms. The van der Waals surface area contributed by atoms with E-state index in [0.717, 1.165) is 12.1 Å². The van der Waals surface area contributed by atoms with Gasteiger partial charge in [-0.3, -0.25) is 0 Å². The molecule has 5 heteroatoms. The van der Waals surface area contributed by atoms with Crippen LogP contribution in [0.1, 0.15) is 12.5 Å². The SMILES string of the molecule is COC(=O)C(C)Oc1ccc(F)cc1C#N. The molecule has 0 aliphatic heterocycles. The second-order valence-corrected chi connectivity index (χ2v) is 3.04. The number of methoxy groups -OCH3 is 1. The van der Waals surface area contributed by atoms with Crippen LogP contribution in [-0.2, 0) is 9.53 Å². The lowest BCUT2D eigenvalue weighted by Gasteiger charge is -2.13. The molecule has 0 amide bonds. The third-order valence-corrected chi connectivity index (χ3v) is 1.90. The van der Waals surface area contributed by atoms with Gasteiger partial charge in [-0.1, -0.05) is 0 Å². The largest absolute Gasteiger partial charge is 0.478 e. The van der Waals surface area contributed by atoms with Crippen molar-refractivity contribution in [1.82, 2.24) is 0 Å². The topological polar surface area (TPSA) is 59.3 Å². The number of carbonyl (C=O) groups excluding carboxylic acids is 1. The minimum absolute atomic E-state index is 0.0377. The first-order valence-electron chi connectivity index (χ1n) is 4.52. The Hall–Kier alpha value is -2.09. The van der Waals surface area contributed by atoms with Crippen LogP contribution < -0.4 is 4.74 Å². The van der Waals surface area contributed by atoms with E-state index in [1.807, 2.05) is 0 Å². The second kappa shape index (κ2) is 5.12. The highest BCUT2D eigenvalue weighted by molar-refractivity contribution is 5.74. The van der Waals surface area contributed by atoms with E-state index in [4.69, 9.17) is 10.00 Å². The second-order valence-electron chi connectivity index (χ2n) is 3.04. The molecule has 0 saturated carbocycles. The van der Waals surface area contributed by atoms with E-state index in [1.54, 1.807) is 6.07 Å². The first-order chi connectivity index (χ1) is 7.58. The van der Waals surface area contributed by atoms with Gasteiger partial charge in [0.1, 0.15) is 17.6 Å². The van der Waals surface area contributed by atoms with E-state index < -0.39 is 17.9 Å². The predicted molar refractivity (Wildman–Crippen MR) is 53.2 cm³/mol. The van der Waals surface area contributed by atoms with Crippen molar-refractivity contribution in [2.45, 2.75) is 13.0 Å². The number of hydrogen-bond acceptors (Lipinski definition) is 4. The van der Waals surface area contributed by atoms with Crippen molar-refractivity contribution in [1.29, 1.82) is 5.26 Å². The van der Waals surface area contributed by atoms with Crippen LogP contribution >= 0.6 is 0 Å². The van der Waals surface area contributed by atoms with Crippen LogP contribution in [-0.4, -0.2) is 19.2 Å². The molecule has 16 heavy (non-hydrogen) atoms. The number of esters is 1. The van der Waals surface area contributed by atoms with Gasteiger partial charge in [-0.25, -0.2) is 9.18 Å². The lowest BCUT2D eigenvalue weighted by atomic mass is 10.2. The Bertz CT molecular complexity index is 439. The van der Waals surface area contributed by atoms with E-state index in [9.17, 15) is 9.18 Å². The molecule has 1 rings (SSSR count). The van der Waals surface area contributed by atoms with Gasteiger partial charge in [0.25, 0.3) is 0 Å². The average Bonchev–Trinajstić information content (AvgIpc) is 2.30. The van der Waals surface area contributed by atoms with E-state index in [2.05, 4.69) is 4.74 Å². The summed E-state index contributed by atoms with van der Waals surface area (Å²) in [6, 6.07) is 5.27. The van der Waals surface area contributed by atoms with E-state index in [1.165, 1.54) is 20.1 Å². The van der Waals surface area contributed by atoms with Crippen LogP contribution in [0.25, 0.3) is 0 Å². The van der Waals surface area contributed by atoms with E-state index >= 15 is 0 Å². The minimum atomic E-state index is -0.845. The van der Waals surface area contributed by atoms with Crippen LogP contribution in [0.3, 0.4) is 0 Å². The fourth-order valence-electron chi connectivity index (χ4n) is 1.10. The molecule has 1 aromatic rings. The Morgan fingerprint density at radius 1 is 1.56 bits per heavy atom. The number of hydrogen-bond donors (Lipinski definition) is 0. The van der Waals surface area contributed by atoms with Gasteiger partial charge in [-0.05, 0) is 25.1 Å². The number of rotatable bonds is 3.